The third-order valence-corrected chi connectivity index (χ3v) is 5.77. The van der Waals surface area contributed by atoms with Crippen molar-refractivity contribution < 1.29 is 40.2 Å². The molecule has 0 unspecified atom stereocenters. The third-order valence-electron chi connectivity index (χ3n) is 5.77. The van der Waals surface area contributed by atoms with Gasteiger partial charge in [-0.25, -0.2) is 0 Å². The standard InChI is InChI=1S/C25H28O8/c1-12(2)16(26)8-5-13(3)4-7-15-18(28)11-20-21(22(15)30)23(31)24(32)25(33-20)14-6-9-17(27)19(29)10-14/h4,6,9-11,16,24-30,32H,1,5,7-8H2,2-3H3/t16-,24+,25-/m1/s1. The van der Waals surface area contributed by atoms with Gasteiger partial charge < -0.3 is 35.4 Å². The molecule has 0 aliphatic carbocycles. The number of carbonyl (C=O) groups is 1. The fourth-order valence-electron chi connectivity index (χ4n) is 3.65. The van der Waals surface area contributed by atoms with Crippen molar-refractivity contribution in [2.45, 2.75) is 51.4 Å². The fraction of sp³-hybridized carbons (Fsp3) is 0.320. The Labute approximate surface area is 191 Å². The van der Waals surface area contributed by atoms with Gasteiger partial charge in [0.15, 0.2) is 23.7 Å². The molecule has 0 saturated heterocycles. The van der Waals surface area contributed by atoms with Crippen molar-refractivity contribution in [3.63, 3.8) is 0 Å². The van der Waals surface area contributed by atoms with Crippen LogP contribution in [0.2, 0.25) is 0 Å². The van der Waals surface area contributed by atoms with Gasteiger partial charge in [-0.2, -0.15) is 0 Å². The van der Waals surface area contributed by atoms with Crippen LogP contribution in [-0.2, 0) is 6.42 Å². The van der Waals surface area contributed by atoms with Crippen molar-refractivity contribution in [3.8, 4) is 28.7 Å². The largest absolute Gasteiger partial charge is 0.507 e. The van der Waals surface area contributed by atoms with Crippen LogP contribution in [-0.4, -0.2) is 48.6 Å². The van der Waals surface area contributed by atoms with Crippen LogP contribution in [0.15, 0.2) is 48.1 Å². The Kier molecular flexibility index (Phi) is 7.00. The number of benzene rings is 2. The van der Waals surface area contributed by atoms with E-state index in [9.17, 15) is 35.4 Å². The summed E-state index contributed by atoms with van der Waals surface area (Å²) in [6.07, 6.45) is -0.515. The summed E-state index contributed by atoms with van der Waals surface area (Å²) in [5, 5.41) is 60.8. The minimum Gasteiger partial charge on any atom is -0.507 e. The highest BCUT2D eigenvalue weighted by Crippen LogP contribution is 2.45. The number of aliphatic hydroxyl groups excluding tert-OH is 2. The highest BCUT2D eigenvalue weighted by Gasteiger charge is 2.40. The number of phenols is 4. The number of carbonyl (C=O) groups excluding carboxylic acids is 1. The zero-order valence-electron chi connectivity index (χ0n) is 18.4. The van der Waals surface area contributed by atoms with E-state index in [0.29, 0.717) is 18.4 Å². The van der Waals surface area contributed by atoms with E-state index in [2.05, 4.69) is 6.58 Å². The summed E-state index contributed by atoms with van der Waals surface area (Å²) in [6, 6.07) is 4.94. The number of Topliss-reactive ketones (excluding diaryl/α,β-unsaturated/α-hetero) is 1. The van der Waals surface area contributed by atoms with E-state index in [4.69, 9.17) is 4.74 Å². The van der Waals surface area contributed by atoms with Crippen molar-refractivity contribution in [1.82, 2.24) is 0 Å². The lowest BCUT2D eigenvalue weighted by Crippen LogP contribution is -2.36. The van der Waals surface area contributed by atoms with Crippen LogP contribution in [0.25, 0.3) is 0 Å². The molecule has 6 N–H and O–H groups in total. The Morgan fingerprint density at radius 3 is 2.45 bits per heavy atom. The Bertz CT molecular complexity index is 1120. The van der Waals surface area contributed by atoms with Crippen LogP contribution in [0.4, 0.5) is 0 Å². The number of ketones is 1. The second-order valence-corrected chi connectivity index (χ2v) is 8.35. The molecule has 0 saturated carbocycles. The Hall–Kier alpha value is -3.49. The Morgan fingerprint density at radius 1 is 1.12 bits per heavy atom. The van der Waals surface area contributed by atoms with Crippen molar-refractivity contribution in [2.24, 2.45) is 0 Å². The van der Waals surface area contributed by atoms with Gasteiger partial charge in [0.25, 0.3) is 0 Å². The number of fused-ring (bicyclic) bond motifs is 1. The monoisotopic (exact) mass is 456 g/mol. The van der Waals surface area contributed by atoms with E-state index >= 15 is 0 Å². The molecule has 176 valence electrons. The number of aliphatic hydroxyl groups is 2. The number of hydrogen-bond acceptors (Lipinski definition) is 8. The first-order valence-electron chi connectivity index (χ1n) is 10.5. The molecule has 0 radical (unpaired) electrons. The average molecular weight is 456 g/mol. The summed E-state index contributed by atoms with van der Waals surface area (Å²) in [5.41, 5.74) is 1.69. The van der Waals surface area contributed by atoms with Crippen molar-refractivity contribution in [3.05, 3.63) is 64.8 Å². The average Bonchev–Trinajstić information content (AvgIpc) is 2.75. The highest BCUT2D eigenvalue weighted by molar-refractivity contribution is 6.06. The zero-order chi connectivity index (χ0) is 24.4. The lowest BCUT2D eigenvalue weighted by molar-refractivity contribution is 0.0209. The van der Waals surface area contributed by atoms with Crippen LogP contribution in [0.1, 0.15) is 54.3 Å². The summed E-state index contributed by atoms with van der Waals surface area (Å²) in [5.74, 6) is -2.47. The molecule has 0 amide bonds. The van der Waals surface area contributed by atoms with E-state index < -0.39 is 35.6 Å². The molecule has 1 aliphatic rings. The van der Waals surface area contributed by atoms with E-state index in [1.54, 1.807) is 13.0 Å². The summed E-state index contributed by atoms with van der Waals surface area (Å²) in [4.78, 5) is 12.9. The first-order chi connectivity index (χ1) is 15.5. The fourth-order valence-corrected chi connectivity index (χ4v) is 3.65. The topological polar surface area (TPSA) is 148 Å². The number of phenolic OH excluding ortho intramolecular Hbond substituents is 4. The molecular weight excluding hydrogens is 428 g/mol. The van der Waals surface area contributed by atoms with E-state index in [-0.39, 0.29) is 40.4 Å². The summed E-state index contributed by atoms with van der Waals surface area (Å²) in [6.45, 7) is 7.31. The maximum absolute atomic E-state index is 12.9. The molecule has 0 fully saturated rings. The van der Waals surface area contributed by atoms with Crippen LogP contribution in [0.3, 0.4) is 0 Å². The second-order valence-electron chi connectivity index (χ2n) is 8.35. The van der Waals surface area contributed by atoms with Crippen molar-refractivity contribution >= 4 is 5.78 Å². The number of allylic oxidation sites excluding steroid dienone is 2. The summed E-state index contributed by atoms with van der Waals surface area (Å²) >= 11 is 0. The van der Waals surface area contributed by atoms with Gasteiger partial charge in [0, 0.05) is 11.6 Å². The van der Waals surface area contributed by atoms with Gasteiger partial charge in [-0.3, -0.25) is 4.79 Å². The lowest BCUT2D eigenvalue weighted by Gasteiger charge is -2.31. The molecular formula is C25H28O8. The highest BCUT2D eigenvalue weighted by atomic mass is 16.5. The molecule has 33 heavy (non-hydrogen) atoms. The van der Waals surface area contributed by atoms with Crippen LogP contribution in [0, 0.1) is 0 Å². The number of hydrogen-bond donors (Lipinski definition) is 6. The third kappa shape index (κ3) is 4.97. The van der Waals surface area contributed by atoms with Gasteiger partial charge in [-0.05, 0) is 50.8 Å². The molecule has 3 rings (SSSR count). The summed E-state index contributed by atoms with van der Waals surface area (Å²) in [7, 11) is 0. The molecule has 2 aromatic rings. The second kappa shape index (κ2) is 9.56. The Balaban J connectivity index is 1.87. The molecule has 1 heterocycles. The van der Waals surface area contributed by atoms with Crippen molar-refractivity contribution in [2.75, 3.05) is 0 Å². The van der Waals surface area contributed by atoms with Gasteiger partial charge >= 0.3 is 0 Å². The molecule has 1 aliphatic heterocycles. The number of aromatic hydroxyl groups is 4. The van der Waals surface area contributed by atoms with E-state index in [0.717, 1.165) is 11.6 Å². The summed E-state index contributed by atoms with van der Waals surface area (Å²) < 4.78 is 5.69. The van der Waals surface area contributed by atoms with Gasteiger partial charge in [0.2, 0.25) is 5.78 Å². The molecule has 8 nitrogen and oxygen atoms in total. The van der Waals surface area contributed by atoms with Gasteiger partial charge in [-0.15, -0.1) is 0 Å². The SMILES string of the molecule is C=C(C)[C@H](O)CCC(C)=CCc1c(O)cc2c(c1O)C(=O)[C@H](O)[C@@H](c1ccc(O)c(O)c1)O2. The predicted octanol–water partition coefficient (Wildman–Crippen LogP) is 3.39. The molecule has 0 spiro atoms. The van der Waals surface area contributed by atoms with E-state index in [1.807, 2.05) is 6.92 Å². The van der Waals surface area contributed by atoms with Gasteiger partial charge in [0.1, 0.15) is 22.8 Å². The molecule has 8 heteroatoms. The number of rotatable bonds is 7. The first kappa shape index (κ1) is 24.2. The van der Waals surface area contributed by atoms with E-state index in [1.165, 1.54) is 18.2 Å². The maximum Gasteiger partial charge on any atom is 0.202 e. The number of ether oxygens (including phenoxy) is 1. The quantitative estimate of drug-likeness (QED) is 0.274. The molecule has 0 bridgehead atoms. The lowest BCUT2D eigenvalue weighted by atomic mass is 9.90. The van der Waals surface area contributed by atoms with Crippen LogP contribution < -0.4 is 4.74 Å². The normalized spacial score (nSPS) is 19.0. The van der Waals surface area contributed by atoms with Crippen LogP contribution >= 0.6 is 0 Å². The molecule has 0 aromatic heterocycles. The maximum atomic E-state index is 12.9. The Morgan fingerprint density at radius 2 is 1.82 bits per heavy atom. The van der Waals surface area contributed by atoms with Crippen molar-refractivity contribution in [1.29, 1.82) is 0 Å². The van der Waals surface area contributed by atoms with Crippen LogP contribution in [0.5, 0.6) is 28.7 Å². The molecule has 3 atom stereocenters. The smallest absolute Gasteiger partial charge is 0.202 e. The minimum atomic E-state index is -1.68. The minimum absolute atomic E-state index is 0.105. The van der Waals surface area contributed by atoms with Gasteiger partial charge in [-0.1, -0.05) is 29.9 Å². The molecule has 2 aromatic carbocycles. The van der Waals surface area contributed by atoms with Gasteiger partial charge in [0.05, 0.1) is 6.10 Å². The zero-order valence-corrected chi connectivity index (χ0v) is 18.4. The predicted molar refractivity (Wildman–Crippen MR) is 121 cm³/mol. The first-order valence-corrected chi connectivity index (χ1v) is 10.5.